The SMILES string of the molecule is Cc1cc(C(=O)CCCCC(=O)O)c(Cl)cc1F. The molecule has 0 amide bonds. The first kappa shape index (κ1) is 14.6. The number of aryl methyl sites for hydroxylation is 1. The molecule has 0 unspecified atom stereocenters. The summed E-state index contributed by atoms with van der Waals surface area (Å²) in [5.74, 6) is -1.51. The average Bonchev–Trinajstić information content (AvgIpc) is 2.28. The van der Waals surface area contributed by atoms with Crippen molar-refractivity contribution in [1.82, 2.24) is 0 Å². The molecule has 0 aliphatic carbocycles. The molecule has 1 aromatic carbocycles. The molecular weight excluding hydrogens is 259 g/mol. The van der Waals surface area contributed by atoms with Crippen LogP contribution in [0, 0.1) is 12.7 Å². The minimum atomic E-state index is -0.877. The number of carbonyl (C=O) groups is 2. The number of hydrogen-bond acceptors (Lipinski definition) is 2. The number of aliphatic carboxylic acids is 1. The van der Waals surface area contributed by atoms with Crippen molar-refractivity contribution < 1.29 is 19.1 Å². The lowest BCUT2D eigenvalue weighted by Gasteiger charge is -2.05. The minimum Gasteiger partial charge on any atom is -0.481 e. The quantitative estimate of drug-likeness (QED) is 0.636. The third-order valence-corrected chi connectivity index (χ3v) is 2.91. The molecule has 0 bridgehead atoms. The Morgan fingerprint density at radius 1 is 1.28 bits per heavy atom. The van der Waals surface area contributed by atoms with E-state index in [1.165, 1.54) is 6.07 Å². The first-order chi connectivity index (χ1) is 8.41. The molecular formula is C13H14ClFO3. The van der Waals surface area contributed by atoms with Crippen molar-refractivity contribution in [2.75, 3.05) is 0 Å². The summed E-state index contributed by atoms with van der Waals surface area (Å²) in [6.07, 6.45) is 1.19. The standard InChI is InChI=1S/C13H14ClFO3/c1-8-6-9(10(14)7-11(8)15)12(16)4-2-3-5-13(17)18/h6-7H,2-5H2,1H3,(H,17,18). The molecule has 0 fully saturated rings. The van der Waals surface area contributed by atoms with Crippen LogP contribution in [-0.2, 0) is 4.79 Å². The van der Waals surface area contributed by atoms with Gasteiger partial charge in [-0.05, 0) is 37.5 Å². The number of Topliss-reactive ketones (excluding diaryl/α,β-unsaturated/α-hetero) is 1. The van der Waals surface area contributed by atoms with Crippen LogP contribution in [-0.4, -0.2) is 16.9 Å². The lowest BCUT2D eigenvalue weighted by molar-refractivity contribution is -0.137. The predicted molar refractivity (Wildman–Crippen MR) is 66.6 cm³/mol. The Kier molecular flexibility index (Phi) is 5.28. The molecule has 0 spiro atoms. The summed E-state index contributed by atoms with van der Waals surface area (Å²) < 4.78 is 13.2. The van der Waals surface area contributed by atoms with Gasteiger partial charge in [-0.25, -0.2) is 4.39 Å². The second-order valence-electron chi connectivity index (χ2n) is 4.11. The topological polar surface area (TPSA) is 54.4 Å². The highest BCUT2D eigenvalue weighted by Crippen LogP contribution is 2.22. The smallest absolute Gasteiger partial charge is 0.303 e. The fourth-order valence-electron chi connectivity index (χ4n) is 1.57. The monoisotopic (exact) mass is 272 g/mol. The van der Waals surface area contributed by atoms with Crippen LogP contribution < -0.4 is 0 Å². The summed E-state index contributed by atoms with van der Waals surface area (Å²) >= 11 is 5.80. The van der Waals surface area contributed by atoms with Gasteiger partial charge in [0.2, 0.25) is 0 Å². The molecule has 1 aromatic rings. The highest BCUT2D eigenvalue weighted by molar-refractivity contribution is 6.34. The summed E-state index contributed by atoms with van der Waals surface area (Å²) in [6.45, 7) is 1.56. The zero-order valence-corrected chi connectivity index (χ0v) is 10.8. The molecule has 0 aromatic heterocycles. The van der Waals surface area contributed by atoms with E-state index in [4.69, 9.17) is 16.7 Å². The van der Waals surface area contributed by atoms with E-state index in [1.807, 2.05) is 0 Å². The van der Waals surface area contributed by atoms with Crippen LogP contribution in [0.2, 0.25) is 5.02 Å². The molecule has 0 saturated heterocycles. The van der Waals surface area contributed by atoms with Gasteiger partial charge in [-0.3, -0.25) is 9.59 Å². The van der Waals surface area contributed by atoms with Crippen LogP contribution >= 0.6 is 11.6 Å². The summed E-state index contributed by atoms with van der Waals surface area (Å²) in [7, 11) is 0. The van der Waals surface area contributed by atoms with E-state index in [0.29, 0.717) is 24.0 Å². The van der Waals surface area contributed by atoms with Gasteiger partial charge in [0.05, 0.1) is 5.02 Å². The summed E-state index contributed by atoms with van der Waals surface area (Å²) in [5.41, 5.74) is 0.666. The highest BCUT2D eigenvalue weighted by Gasteiger charge is 2.13. The van der Waals surface area contributed by atoms with Crippen molar-refractivity contribution in [3.05, 3.63) is 34.1 Å². The molecule has 98 valence electrons. The van der Waals surface area contributed by atoms with Crippen molar-refractivity contribution >= 4 is 23.4 Å². The Morgan fingerprint density at radius 2 is 1.89 bits per heavy atom. The van der Waals surface area contributed by atoms with E-state index >= 15 is 0 Å². The number of benzene rings is 1. The van der Waals surface area contributed by atoms with Crippen LogP contribution in [0.4, 0.5) is 4.39 Å². The van der Waals surface area contributed by atoms with Crippen molar-refractivity contribution in [2.45, 2.75) is 32.6 Å². The average molecular weight is 273 g/mol. The number of hydrogen-bond donors (Lipinski definition) is 1. The molecule has 0 aliphatic heterocycles. The lowest BCUT2D eigenvalue weighted by atomic mass is 10.0. The van der Waals surface area contributed by atoms with Crippen molar-refractivity contribution in [1.29, 1.82) is 0 Å². The Balaban J connectivity index is 2.62. The van der Waals surface area contributed by atoms with Crippen molar-refractivity contribution in [3.8, 4) is 0 Å². The maximum absolute atomic E-state index is 13.2. The van der Waals surface area contributed by atoms with Crippen molar-refractivity contribution in [2.24, 2.45) is 0 Å². The van der Waals surface area contributed by atoms with Crippen molar-refractivity contribution in [3.63, 3.8) is 0 Å². The molecule has 0 atom stereocenters. The van der Waals surface area contributed by atoms with E-state index < -0.39 is 11.8 Å². The minimum absolute atomic E-state index is 0.0451. The summed E-state index contributed by atoms with van der Waals surface area (Å²) in [5, 5.41) is 8.56. The van der Waals surface area contributed by atoms with Gasteiger partial charge in [-0.15, -0.1) is 0 Å². The number of ketones is 1. The second-order valence-corrected chi connectivity index (χ2v) is 4.51. The third-order valence-electron chi connectivity index (χ3n) is 2.59. The van der Waals surface area contributed by atoms with Gasteiger partial charge in [-0.2, -0.15) is 0 Å². The van der Waals surface area contributed by atoms with Gasteiger partial charge >= 0.3 is 5.97 Å². The molecule has 0 heterocycles. The fraction of sp³-hybridized carbons (Fsp3) is 0.385. The Morgan fingerprint density at radius 3 is 2.50 bits per heavy atom. The normalized spacial score (nSPS) is 10.4. The first-order valence-corrected chi connectivity index (χ1v) is 6.00. The molecule has 1 rings (SSSR count). The van der Waals surface area contributed by atoms with Gasteiger partial charge in [0.15, 0.2) is 5.78 Å². The Hall–Kier alpha value is -1.42. The van der Waals surface area contributed by atoms with E-state index in [1.54, 1.807) is 6.92 Å². The molecule has 5 heteroatoms. The fourth-order valence-corrected chi connectivity index (χ4v) is 1.82. The van der Waals surface area contributed by atoms with Gasteiger partial charge in [0.25, 0.3) is 0 Å². The molecule has 0 radical (unpaired) electrons. The largest absolute Gasteiger partial charge is 0.481 e. The Bertz CT molecular complexity index is 472. The van der Waals surface area contributed by atoms with Crippen LogP contribution in [0.25, 0.3) is 0 Å². The van der Waals surface area contributed by atoms with E-state index in [9.17, 15) is 14.0 Å². The van der Waals surface area contributed by atoms with E-state index in [2.05, 4.69) is 0 Å². The van der Waals surface area contributed by atoms with Crippen LogP contribution in [0.1, 0.15) is 41.6 Å². The van der Waals surface area contributed by atoms with Crippen LogP contribution in [0.3, 0.4) is 0 Å². The highest BCUT2D eigenvalue weighted by atomic mass is 35.5. The number of rotatable bonds is 6. The van der Waals surface area contributed by atoms with Gasteiger partial charge in [0, 0.05) is 18.4 Å². The zero-order valence-electron chi connectivity index (χ0n) is 10.0. The molecule has 0 saturated carbocycles. The van der Waals surface area contributed by atoms with Crippen LogP contribution in [0.15, 0.2) is 12.1 Å². The molecule has 1 N–H and O–H groups in total. The second kappa shape index (κ2) is 6.50. The zero-order chi connectivity index (χ0) is 13.7. The van der Waals surface area contributed by atoms with Gasteiger partial charge < -0.3 is 5.11 Å². The molecule has 3 nitrogen and oxygen atoms in total. The van der Waals surface area contributed by atoms with Gasteiger partial charge in [0.1, 0.15) is 5.82 Å². The predicted octanol–water partition coefficient (Wildman–Crippen LogP) is 3.62. The number of carbonyl (C=O) groups excluding carboxylic acids is 1. The number of halogens is 2. The lowest BCUT2D eigenvalue weighted by Crippen LogP contribution is -2.02. The first-order valence-electron chi connectivity index (χ1n) is 5.62. The Labute approximate surface area is 110 Å². The number of unbranched alkanes of at least 4 members (excludes halogenated alkanes) is 1. The van der Waals surface area contributed by atoms with E-state index in [0.717, 1.165) is 6.07 Å². The third kappa shape index (κ3) is 4.11. The number of carboxylic acid groups (broad SMARTS) is 1. The summed E-state index contributed by atoms with van der Waals surface area (Å²) in [4.78, 5) is 22.1. The molecule has 0 aliphatic rings. The van der Waals surface area contributed by atoms with Gasteiger partial charge in [-0.1, -0.05) is 11.6 Å². The molecule has 18 heavy (non-hydrogen) atoms. The van der Waals surface area contributed by atoms with Crippen LogP contribution in [0.5, 0.6) is 0 Å². The van der Waals surface area contributed by atoms with E-state index in [-0.39, 0.29) is 23.6 Å². The maximum Gasteiger partial charge on any atom is 0.303 e. The number of carboxylic acids is 1. The maximum atomic E-state index is 13.2. The summed E-state index contributed by atoms with van der Waals surface area (Å²) in [6, 6.07) is 2.55.